The van der Waals surface area contributed by atoms with Gasteiger partial charge in [0.1, 0.15) is 17.2 Å². The minimum absolute atomic E-state index is 0.141. The number of benzene rings is 2. The second-order valence-electron chi connectivity index (χ2n) is 6.14. The molecule has 2 aromatic rings. The zero-order chi connectivity index (χ0) is 19.2. The highest BCUT2D eigenvalue weighted by molar-refractivity contribution is 5.91. The van der Waals surface area contributed by atoms with E-state index in [9.17, 15) is 4.79 Å². The lowest BCUT2D eigenvalue weighted by molar-refractivity contribution is 0.208. The summed E-state index contributed by atoms with van der Waals surface area (Å²) in [7, 11) is 4.83. The number of nitrogens with zero attached hydrogens (tertiary/aromatic N) is 2. The lowest BCUT2D eigenvalue weighted by Crippen LogP contribution is -2.50. The third kappa shape index (κ3) is 4.19. The Hall–Kier alpha value is -3.09. The monoisotopic (exact) mass is 371 g/mol. The molecule has 1 fully saturated rings. The molecule has 0 bridgehead atoms. The lowest BCUT2D eigenvalue weighted by Gasteiger charge is -2.36. The minimum atomic E-state index is -0.141. The molecule has 1 aliphatic heterocycles. The fourth-order valence-electron chi connectivity index (χ4n) is 3.14. The van der Waals surface area contributed by atoms with Gasteiger partial charge < -0.3 is 29.3 Å². The number of para-hydroxylation sites is 2. The molecule has 7 heteroatoms. The maximum atomic E-state index is 12.6. The number of urea groups is 1. The molecule has 3 rings (SSSR count). The summed E-state index contributed by atoms with van der Waals surface area (Å²) in [6.45, 7) is 2.74. The maximum Gasteiger partial charge on any atom is 0.322 e. The van der Waals surface area contributed by atoms with E-state index < -0.39 is 0 Å². The Labute approximate surface area is 159 Å². The van der Waals surface area contributed by atoms with E-state index in [0.29, 0.717) is 30.3 Å². The van der Waals surface area contributed by atoms with Crippen LogP contribution in [0.1, 0.15) is 0 Å². The molecule has 1 heterocycles. The average Bonchev–Trinajstić information content (AvgIpc) is 2.74. The predicted octanol–water partition coefficient (Wildman–Crippen LogP) is 3.07. The molecule has 1 saturated heterocycles. The van der Waals surface area contributed by atoms with Gasteiger partial charge in [0, 0.05) is 32.2 Å². The summed E-state index contributed by atoms with van der Waals surface area (Å²) < 4.78 is 16.0. The molecule has 144 valence electrons. The van der Waals surface area contributed by atoms with Crippen molar-refractivity contribution in [1.29, 1.82) is 0 Å². The van der Waals surface area contributed by atoms with Crippen LogP contribution in [0.2, 0.25) is 0 Å². The van der Waals surface area contributed by atoms with E-state index >= 15 is 0 Å². The molecule has 0 atom stereocenters. The summed E-state index contributed by atoms with van der Waals surface area (Å²) in [4.78, 5) is 16.7. The summed E-state index contributed by atoms with van der Waals surface area (Å²) in [6.07, 6.45) is 0. The van der Waals surface area contributed by atoms with Crippen molar-refractivity contribution in [2.24, 2.45) is 0 Å². The molecule has 1 aliphatic rings. The molecular formula is C20H25N3O4. The van der Waals surface area contributed by atoms with Crippen LogP contribution in [0, 0.1) is 0 Å². The van der Waals surface area contributed by atoms with Gasteiger partial charge in [-0.3, -0.25) is 0 Å². The van der Waals surface area contributed by atoms with E-state index in [-0.39, 0.29) is 6.03 Å². The first-order chi connectivity index (χ1) is 13.2. The Kier molecular flexibility index (Phi) is 5.90. The van der Waals surface area contributed by atoms with Gasteiger partial charge in [-0.1, -0.05) is 12.1 Å². The number of amides is 2. The van der Waals surface area contributed by atoms with E-state index in [1.165, 1.54) is 0 Å². The molecule has 0 aromatic heterocycles. The molecule has 0 radical (unpaired) electrons. The van der Waals surface area contributed by atoms with Crippen LogP contribution in [0.15, 0.2) is 42.5 Å². The first-order valence-corrected chi connectivity index (χ1v) is 8.82. The first-order valence-electron chi connectivity index (χ1n) is 8.82. The highest BCUT2D eigenvalue weighted by Gasteiger charge is 2.23. The van der Waals surface area contributed by atoms with E-state index in [1.807, 2.05) is 24.3 Å². The highest BCUT2D eigenvalue weighted by atomic mass is 16.5. The number of hydrogen-bond acceptors (Lipinski definition) is 5. The molecule has 27 heavy (non-hydrogen) atoms. The molecule has 7 nitrogen and oxygen atoms in total. The SMILES string of the molecule is COc1ccc(NC(=O)N2CCN(c3ccccc3OC)CC2)c(OC)c1. The van der Waals surface area contributed by atoms with Crippen LogP contribution in [0.5, 0.6) is 17.2 Å². The summed E-state index contributed by atoms with van der Waals surface area (Å²) in [5, 5.41) is 2.92. The molecule has 0 saturated carbocycles. The second-order valence-corrected chi connectivity index (χ2v) is 6.14. The zero-order valence-corrected chi connectivity index (χ0v) is 15.9. The number of ether oxygens (including phenoxy) is 3. The second kappa shape index (κ2) is 8.53. The molecule has 2 amide bonds. The molecule has 0 aliphatic carbocycles. The van der Waals surface area contributed by atoms with E-state index in [0.717, 1.165) is 24.5 Å². The Bertz CT molecular complexity index is 789. The van der Waals surface area contributed by atoms with Gasteiger partial charge in [-0.2, -0.15) is 0 Å². The van der Waals surface area contributed by atoms with Crippen molar-refractivity contribution in [3.63, 3.8) is 0 Å². The smallest absolute Gasteiger partial charge is 0.322 e. The van der Waals surface area contributed by atoms with Gasteiger partial charge in [-0.05, 0) is 24.3 Å². The number of rotatable bonds is 5. The Morgan fingerprint density at radius 1 is 0.889 bits per heavy atom. The third-order valence-corrected chi connectivity index (χ3v) is 4.64. The van der Waals surface area contributed by atoms with Gasteiger partial charge in [0.25, 0.3) is 0 Å². The third-order valence-electron chi connectivity index (χ3n) is 4.64. The van der Waals surface area contributed by atoms with Crippen molar-refractivity contribution in [2.75, 3.05) is 57.7 Å². The van der Waals surface area contributed by atoms with E-state index in [1.54, 1.807) is 44.4 Å². The number of hydrogen-bond donors (Lipinski definition) is 1. The lowest BCUT2D eigenvalue weighted by atomic mass is 10.2. The van der Waals surface area contributed by atoms with Crippen LogP contribution in [-0.4, -0.2) is 58.4 Å². The number of carbonyl (C=O) groups excluding carboxylic acids is 1. The standard InChI is InChI=1S/C20H25N3O4/c1-25-15-8-9-16(19(14-15)27-3)21-20(24)23-12-10-22(11-13-23)17-6-4-5-7-18(17)26-2/h4-9,14H,10-13H2,1-3H3,(H,21,24). The molecule has 0 spiro atoms. The van der Waals surface area contributed by atoms with Crippen LogP contribution >= 0.6 is 0 Å². The Morgan fingerprint density at radius 3 is 2.26 bits per heavy atom. The van der Waals surface area contributed by atoms with E-state index in [4.69, 9.17) is 14.2 Å². The molecule has 2 aromatic carbocycles. The number of piperazine rings is 1. The van der Waals surface area contributed by atoms with Crippen LogP contribution < -0.4 is 24.4 Å². The summed E-state index contributed by atoms with van der Waals surface area (Å²) in [5.74, 6) is 2.09. The minimum Gasteiger partial charge on any atom is -0.497 e. The van der Waals surface area contributed by atoms with Crippen molar-refractivity contribution in [3.05, 3.63) is 42.5 Å². The topological polar surface area (TPSA) is 63.3 Å². The fourth-order valence-corrected chi connectivity index (χ4v) is 3.14. The summed E-state index contributed by atoms with van der Waals surface area (Å²) in [5.41, 5.74) is 1.67. The van der Waals surface area contributed by atoms with Crippen LogP contribution in [0.3, 0.4) is 0 Å². The first kappa shape index (κ1) is 18.7. The van der Waals surface area contributed by atoms with Crippen LogP contribution in [-0.2, 0) is 0 Å². The van der Waals surface area contributed by atoms with Gasteiger partial charge >= 0.3 is 6.03 Å². The highest BCUT2D eigenvalue weighted by Crippen LogP contribution is 2.30. The normalized spacial score (nSPS) is 13.9. The largest absolute Gasteiger partial charge is 0.497 e. The fraction of sp³-hybridized carbons (Fsp3) is 0.350. The molecule has 0 unspecified atom stereocenters. The van der Waals surface area contributed by atoms with Crippen LogP contribution in [0.4, 0.5) is 16.2 Å². The summed E-state index contributed by atoms with van der Waals surface area (Å²) in [6, 6.07) is 13.1. The predicted molar refractivity (Wildman–Crippen MR) is 105 cm³/mol. The Balaban J connectivity index is 1.62. The van der Waals surface area contributed by atoms with Crippen molar-refractivity contribution in [2.45, 2.75) is 0 Å². The zero-order valence-electron chi connectivity index (χ0n) is 15.9. The number of carbonyl (C=O) groups is 1. The number of methoxy groups -OCH3 is 3. The van der Waals surface area contributed by atoms with Crippen molar-refractivity contribution in [1.82, 2.24) is 4.90 Å². The van der Waals surface area contributed by atoms with Gasteiger partial charge in [0.2, 0.25) is 0 Å². The van der Waals surface area contributed by atoms with Crippen LogP contribution in [0.25, 0.3) is 0 Å². The van der Waals surface area contributed by atoms with E-state index in [2.05, 4.69) is 10.2 Å². The van der Waals surface area contributed by atoms with Gasteiger partial charge in [0.15, 0.2) is 0 Å². The van der Waals surface area contributed by atoms with Gasteiger partial charge in [0.05, 0.1) is 32.7 Å². The van der Waals surface area contributed by atoms with Gasteiger partial charge in [-0.15, -0.1) is 0 Å². The van der Waals surface area contributed by atoms with Gasteiger partial charge in [-0.25, -0.2) is 4.79 Å². The number of anilines is 2. The molecule has 1 N–H and O–H groups in total. The number of nitrogens with one attached hydrogen (secondary N) is 1. The van der Waals surface area contributed by atoms with Crippen molar-refractivity contribution < 1.29 is 19.0 Å². The average molecular weight is 371 g/mol. The van der Waals surface area contributed by atoms with Crippen molar-refractivity contribution in [3.8, 4) is 17.2 Å². The maximum absolute atomic E-state index is 12.6. The summed E-state index contributed by atoms with van der Waals surface area (Å²) >= 11 is 0. The molecular weight excluding hydrogens is 346 g/mol. The Morgan fingerprint density at radius 2 is 1.59 bits per heavy atom. The van der Waals surface area contributed by atoms with Crippen molar-refractivity contribution >= 4 is 17.4 Å². The quantitative estimate of drug-likeness (QED) is 0.875.